The Morgan fingerprint density at radius 3 is 1.77 bits per heavy atom. The van der Waals surface area contributed by atoms with Crippen LogP contribution < -0.4 is 0 Å². The lowest BCUT2D eigenvalue weighted by Gasteiger charge is -2.29. The third kappa shape index (κ3) is 8.85. The third-order valence-electron chi connectivity index (χ3n) is 4.06. The molecule has 0 aromatic heterocycles. The van der Waals surface area contributed by atoms with Crippen molar-refractivity contribution in [2.75, 3.05) is 7.11 Å². The van der Waals surface area contributed by atoms with E-state index in [1.165, 1.54) is 6.92 Å². The van der Waals surface area contributed by atoms with Crippen molar-refractivity contribution < 1.29 is 28.5 Å². The van der Waals surface area contributed by atoms with E-state index in [4.69, 9.17) is 18.9 Å². The van der Waals surface area contributed by atoms with E-state index < -0.39 is 11.8 Å². The van der Waals surface area contributed by atoms with Crippen LogP contribution in [-0.4, -0.2) is 30.4 Å². The van der Waals surface area contributed by atoms with Gasteiger partial charge < -0.3 is 18.9 Å². The molecule has 6 nitrogen and oxygen atoms in total. The number of hydrogen-bond donors (Lipinski definition) is 0. The van der Waals surface area contributed by atoms with Crippen LogP contribution in [0.5, 0.6) is 0 Å². The molecule has 0 heterocycles. The van der Waals surface area contributed by atoms with Crippen LogP contribution in [0.25, 0.3) is 0 Å². The highest BCUT2D eigenvalue weighted by Gasteiger charge is 2.28. The van der Waals surface area contributed by atoms with Crippen LogP contribution in [-0.2, 0) is 37.0 Å². The molecule has 146 valence electrons. The first-order valence-corrected chi connectivity index (χ1v) is 8.65. The smallest absolute Gasteiger partial charge is 0.461 e. The van der Waals surface area contributed by atoms with Crippen LogP contribution in [0.4, 0.5) is 4.79 Å². The number of ether oxygens (including phenoxy) is 4. The van der Waals surface area contributed by atoms with Crippen LogP contribution >= 0.6 is 0 Å². The van der Waals surface area contributed by atoms with Gasteiger partial charge >= 0.3 is 12.1 Å². The molecular weight excluding hydrogens is 336 g/mol. The number of hydrogen-bond acceptors (Lipinski definition) is 6. The van der Waals surface area contributed by atoms with Gasteiger partial charge in [-0.25, -0.2) is 4.79 Å². The van der Waals surface area contributed by atoms with Gasteiger partial charge in [-0.15, -0.1) is 0 Å². The second kappa shape index (κ2) is 9.57. The molecule has 0 amide bonds. The first-order chi connectivity index (χ1) is 12.0. The van der Waals surface area contributed by atoms with Gasteiger partial charge in [-0.1, -0.05) is 24.3 Å². The van der Waals surface area contributed by atoms with Crippen LogP contribution in [0.15, 0.2) is 24.3 Å². The SMILES string of the molecule is COC(C)(C)CCC(C)(C)OC(=O)OCc1ccc(COC(C)=O)cc1. The van der Waals surface area contributed by atoms with Crippen LogP contribution in [0.2, 0.25) is 0 Å². The summed E-state index contributed by atoms with van der Waals surface area (Å²) in [6, 6.07) is 7.28. The van der Waals surface area contributed by atoms with E-state index in [1.54, 1.807) is 7.11 Å². The molecule has 0 N–H and O–H groups in total. The molecule has 0 aliphatic carbocycles. The average Bonchev–Trinajstić information content (AvgIpc) is 2.57. The summed E-state index contributed by atoms with van der Waals surface area (Å²) in [6.07, 6.45) is 0.718. The zero-order chi connectivity index (χ0) is 19.8. The molecule has 6 heteroatoms. The first-order valence-electron chi connectivity index (χ1n) is 8.65. The van der Waals surface area contributed by atoms with Crippen molar-refractivity contribution in [3.63, 3.8) is 0 Å². The van der Waals surface area contributed by atoms with Gasteiger partial charge in [0.25, 0.3) is 0 Å². The Labute approximate surface area is 155 Å². The van der Waals surface area contributed by atoms with Crippen molar-refractivity contribution in [2.24, 2.45) is 0 Å². The van der Waals surface area contributed by atoms with E-state index in [-0.39, 0.29) is 24.8 Å². The molecule has 0 aliphatic heterocycles. The molecule has 1 rings (SSSR count). The summed E-state index contributed by atoms with van der Waals surface area (Å²) in [5, 5.41) is 0. The minimum Gasteiger partial charge on any atom is -0.461 e. The Bertz CT molecular complexity index is 589. The predicted molar refractivity (Wildman–Crippen MR) is 97.6 cm³/mol. The number of esters is 1. The molecule has 0 fully saturated rings. The maximum atomic E-state index is 11.9. The fourth-order valence-electron chi connectivity index (χ4n) is 2.07. The second-order valence-corrected chi connectivity index (χ2v) is 7.46. The van der Waals surface area contributed by atoms with Gasteiger partial charge in [0.2, 0.25) is 0 Å². The third-order valence-corrected chi connectivity index (χ3v) is 4.06. The van der Waals surface area contributed by atoms with Crippen molar-refractivity contribution >= 4 is 12.1 Å². The Morgan fingerprint density at radius 2 is 1.31 bits per heavy atom. The topological polar surface area (TPSA) is 71.1 Å². The van der Waals surface area contributed by atoms with Gasteiger partial charge in [-0.05, 0) is 51.7 Å². The maximum Gasteiger partial charge on any atom is 0.509 e. The molecule has 0 radical (unpaired) electrons. The number of rotatable bonds is 9. The summed E-state index contributed by atoms with van der Waals surface area (Å²) < 4.78 is 20.9. The number of methoxy groups -OCH3 is 1. The summed E-state index contributed by atoms with van der Waals surface area (Å²) >= 11 is 0. The van der Waals surface area contributed by atoms with Crippen LogP contribution in [0.3, 0.4) is 0 Å². The van der Waals surface area contributed by atoms with E-state index in [9.17, 15) is 9.59 Å². The maximum absolute atomic E-state index is 11.9. The van der Waals surface area contributed by atoms with E-state index in [0.717, 1.165) is 17.5 Å². The van der Waals surface area contributed by atoms with Crippen LogP contribution in [0, 0.1) is 0 Å². The van der Waals surface area contributed by atoms with Crippen molar-refractivity contribution in [1.82, 2.24) is 0 Å². The second-order valence-electron chi connectivity index (χ2n) is 7.46. The lowest BCUT2D eigenvalue weighted by Crippen LogP contribution is -2.32. The van der Waals surface area contributed by atoms with Crippen molar-refractivity contribution in [3.8, 4) is 0 Å². The standard InChI is InChI=1S/C20H30O6/c1-15(21)24-13-16-7-9-17(10-8-16)14-25-18(22)26-20(4,5)12-11-19(2,3)23-6/h7-10H,11-14H2,1-6H3. The summed E-state index contributed by atoms with van der Waals surface area (Å²) in [5.74, 6) is -0.323. The molecule has 1 aromatic rings. The number of benzene rings is 1. The molecule has 26 heavy (non-hydrogen) atoms. The molecular formula is C20H30O6. The fourth-order valence-corrected chi connectivity index (χ4v) is 2.07. The van der Waals surface area contributed by atoms with Gasteiger partial charge in [0.15, 0.2) is 0 Å². The van der Waals surface area contributed by atoms with Crippen molar-refractivity contribution in [1.29, 1.82) is 0 Å². The number of carbonyl (C=O) groups excluding carboxylic acids is 2. The number of carbonyl (C=O) groups is 2. The lowest BCUT2D eigenvalue weighted by molar-refractivity contribution is -0.142. The fraction of sp³-hybridized carbons (Fsp3) is 0.600. The van der Waals surface area contributed by atoms with Crippen LogP contribution in [0.1, 0.15) is 58.6 Å². The van der Waals surface area contributed by atoms with Crippen molar-refractivity contribution in [3.05, 3.63) is 35.4 Å². The molecule has 0 atom stereocenters. The molecule has 0 saturated carbocycles. The summed E-state index contributed by atoms with van der Waals surface area (Å²) in [7, 11) is 1.67. The Kier molecular flexibility index (Phi) is 8.08. The molecule has 0 bridgehead atoms. The summed E-state index contributed by atoms with van der Waals surface area (Å²) in [5.41, 5.74) is 0.791. The van der Waals surface area contributed by atoms with E-state index in [0.29, 0.717) is 6.42 Å². The predicted octanol–water partition coefficient (Wildman–Crippen LogP) is 4.39. The van der Waals surface area contributed by atoms with Gasteiger partial charge in [-0.3, -0.25) is 4.79 Å². The van der Waals surface area contributed by atoms with E-state index in [2.05, 4.69) is 0 Å². The lowest BCUT2D eigenvalue weighted by atomic mass is 9.94. The van der Waals surface area contributed by atoms with Gasteiger partial charge in [0, 0.05) is 14.0 Å². The Balaban J connectivity index is 2.42. The normalized spacial score (nSPS) is 11.8. The highest BCUT2D eigenvalue weighted by atomic mass is 16.7. The zero-order valence-electron chi connectivity index (χ0n) is 16.6. The average molecular weight is 366 g/mol. The highest BCUT2D eigenvalue weighted by molar-refractivity contribution is 5.65. The molecule has 0 unspecified atom stereocenters. The zero-order valence-corrected chi connectivity index (χ0v) is 16.6. The van der Waals surface area contributed by atoms with E-state index in [1.807, 2.05) is 52.0 Å². The summed E-state index contributed by atoms with van der Waals surface area (Å²) in [6.45, 7) is 9.40. The monoisotopic (exact) mass is 366 g/mol. The van der Waals surface area contributed by atoms with Gasteiger partial charge in [0.1, 0.15) is 18.8 Å². The molecule has 0 aliphatic rings. The minimum atomic E-state index is -0.700. The molecule has 0 saturated heterocycles. The quantitative estimate of drug-likeness (QED) is 0.604. The molecule has 0 spiro atoms. The summed E-state index contributed by atoms with van der Waals surface area (Å²) in [4.78, 5) is 22.7. The Hall–Kier alpha value is -2.08. The van der Waals surface area contributed by atoms with Crippen molar-refractivity contribution in [2.45, 2.75) is 71.9 Å². The minimum absolute atomic E-state index is 0.117. The first kappa shape index (κ1) is 22.0. The largest absolute Gasteiger partial charge is 0.509 e. The van der Waals surface area contributed by atoms with E-state index >= 15 is 0 Å². The van der Waals surface area contributed by atoms with Gasteiger partial charge in [-0.2, -0.15) is 0 Å². The Morgan fingerprint density at radius 1 is 0.846 bits per heavy atom. The van der Waals surface area contributed by atoms with Gasteiger partial charge in [0.05, 0.1) is 5.60 Å². The highest BCUT2D eigenvalue weighted by Crippen LogP contribution is 2.24. The molecule has 1 aromatic carbocycles.